The quantitative estimate of drug-likeness (QED) is 0.750. The van der Waals surface area contributed by atoms with E-state index in [1.807, 2.05) is 36.6 Å². The molecule has 0 saturated carbocycles. The zero-order valence-electron chi connectivity index (χ0n) is 14.0. The van der Waals surface area contributed by atoms with Crippen LogP contribution in [-0.2, 0) is 11.2 Å². The Kier molecular flexibility index (Phi) is 4.16. The third-order valence-electron chi connectivity index (χ3n) is 4.05. The van der Waals surface area contributed by atoms with Crippen LogP contribution in [-0.4, -0.2) is 21.1 Å². The van der Waals surface area contributed by atoms with Gasteiger partial charge in [-0.25, -0.2) is 4.98 Å². The van der Waals surface area contributed by atoms with Gasteiger partial charge < -0.3 is 9.72 Å². The SMILES string of the molecule is CC(=O)c1ccc(NC(=O)Cc2c(C)nc3c(C)cccn23)cc1. The molecule has 24 heavy (non-hydrogen) atoms. The number of fused-ring (bicyclic) bond motifs is 1. The summed E-state index contributed by atoms with van der Waals surface area (Å²) >= 11 is 0. The largest absolute Gasteiger partial charge is 0.326 e. The summed E-state index contributed by atoms with van der Waals surface area (Å²) in [5.41, 5.74) is 4.99. The van der Waals surface area contributed by atoms with Crippen molar-refractivity contribution in [1.82, 2.24) is 9.38 Å². The van der Waals surface area contributed by atoms with E-state index in [9.17, 15) is 9.59 Å². The van der Waals surface area contributed by atoms with Crippen molar-refractivity contribution >= 4 is 23.0 Å². The van der Waals surface area contributed by atoms with Crippen molar-refractivity contribution in [3.63, 3.8) is 0 Å². The minimum Gasteiger partial charge on any atom is -0.326 e. The fraction of sp³-hybridized carbons (Fsp3) is 0.211. The van der Waals surface area contributed by atoms with Gasteiger partial charge in [-0.3, -0.25) is 9.59 Å². The van der Waals surface area contributed by atoms with Gasteiger partial charge >= 0.3 is 0 Å². The number of ketones is 1. The molecule has 0 aliphatic rings. The first kappa shape index (κ1) is 15.9. The Labute approximate surface area is 140 Å². The lowest BCUT2D eigenvalue weighted by molar-refractivity contribution is -0.115. The van der Waals surface area contributed by atoms with Crippen LogP contribution in [0.3, 0.4) is 0 Å². The van der Waals surface area contributed by atoms with Gasteiger partial charge in [-0.05, 0) is 56.7 Å². The predicted octanol–water partition coefficient (Wildman–Crippen LogP) is 3.33. The van der Waals surface area contributed by atoms with E-state index in [4.69, 9.17) is 0 Å². The standard InChI is InChI=1S/C19H19N3O2/c1-12-5-4-10-22-17(13(2)20-19(12)22)11-18(24)21-16-8-6-15(7-9-16)14(3)23/h4-10H,11H2,1-3H3,(H,21,24). The van der Waals surface area contributed by atoms with Crippen molar-refractivity contribution in [2.24, 2.45) is 0 Å². The van der Waals surface area contributed by atoms with Crippen LogP contribution in [0.5, 0.6) is 0 Å². The number of aryl methyl sites for hydroxylation is 2. The van der Waals surface area contributed by atoms with Gasteiger partial charge in [-0.1, -0.05) is 6.07 Å². The van der Waals surface area contributed by atoms with Crippen LogP contribution in [0.2, 0.25) is 0 Å². The van der Waals surface area contributed by atoms with Crippen molar-refractivity contribution in [2.75, 3.05) is 5.32 Å². The number of hydrogen-bond acceptors (Lipinski definition) is 3. The van der Waals surface area contributed by atoms with E-state index in [-0.39, 0.29) is 18.1 Å². The van der Waals surface area contributed by atoms with Crippen LogP contribution in [0, 0.1) is 13.8 Å². The number of aromatic nitrogens is 2. The molecule has 1 N–H and O–H groups in total. The number of rotatable bonds is 4. The zero-order valence-corrected chi connectivity index (χ0v) is 14.0. The van der Waals surface area contributed by atoms with E-state index in [2.05, 4.69) is 10.3 Å². The van der Waals surface area contributed by atoms with Gasteiger partial charge in [0.1, 0.15) is 5.65 Å². The molecule has 0 saturated heterocycles. The third kappa shape index (κ3) is 3.06. The Morgan fingerprint density at radius 2 is 1.83 bits per heavy atom. The predicted molar refractivity (Wildman–Crippen MR) is 93.4 cm³/mol. The lowest BCUT2D eigenvalue weighted by Crippen LogP contribution is -2.16. The summed E-state index contributed by atoms with van der Waals surface area (Å²) in [6.07, 6.45) is 2.16. The van der Waals surface area contributed by atoms with Gasteiger partial charge in [0.15, 0.2) is 5.78 Å². The van der Waals surface area contributed by atoms with E-state index >= 15 is 0 Å². The van der Waals surface area contributed by atoms with E-state index in [0.717, 1.165) is 22.6 Å². The number of amides is 1. The second-order valence-corrected chi connectivity index (χ2v) is 5.89. The molecule has 2 aromatic heterocycles. The highest BCUT2D eigenvalue weighted by Crippen LogP contribution is 2.17. The molecule has 1 amide bonds. The van der Waals surface area contributed by atoms with Crippen LogP contribution in [0.1, 0.15) is 34.2 Å². The van der Waals surface area contributed by atoms with Crippen LogP contribution in [0.15, 0.2) is 42.6 Å². The first-order valence-electron chi connectivity index (χ1n) is 7.79. The molecule has 0 fully saturated rings. The number of nitrogens with one attached hydrogen (secondary N) is 1. The highest BCUT2D eigenvalue weighted by atomic mass is 16.1. The zero-order chi connectivity index (χ0) is 17.3. The number of carbonyl (C=O) groups is 2. The van der Waals surface area contributed by atoms with Crippen molar-refractivity contribution in [3.8, 4) is 0 Å². The maximum atomic E-state index is 12.4. The first-order chi connectivity index (χ1) is 11.5. The molecular formula is C19H19N3O2. The Balaban J connectivity index is 1.79. The molecule has 0 spiro atoms. The van der Waals surface area contributed by atoms with E-state index in [1.54, 1.807) is 24.3 Å². The van der Waals surface area contributed by atoms with Gasteiger partial charge in [0, 0.05) is 17.4 Å². The number of pyridine rings is 1. The molecule has 5 nitrogen and oxygen atoms in total. The van der Waals surface area contributed by atoms with Crippen molar-refractivity contribution in [3.05, 3.63) is 65.1 Å². The summed E-state index contributed by atoms with van der Waals surface area (Å²) in [5.74, 6) is -0.110. The van der Waals surface area contributed by atoms with E-state index in [0.29, 0.717) is 11.3 Å². The van der Waals surface area contributed by atoms with Gasteiger partial charge in [0.25, 0.3) is 0 Å². The molecule has 0 unspecified atom stereocenters. The Morgan fingerprint density at radius 1 is 1.12 bits per heavy atom. The minimum absolute atomic E-state index is 0.00426. The smallest absolute Gasteiger partial charge is 0.230 e. The molecule has 3 aromatic rings. The van der Waals surface area contributed by atoms with Gasteiger partial charge in [0.2, 0.25) is 5.91 Å². The summed E-state index contributed by atoms with van der Waals surface area (Å²) in [6, 6.07) is 10.8. The molecule has 2 heterocycles. The Morgan fingerprint density at radius 3 is 2.50 bits per heavy atom. The second-order valence-electron chi connectivity index (χ2n) is 5.89. The van der Waals surface area contributed by atoms with Crippen LogP contribution in [0.4, 0.5) is 5.69 Å². The van der Waals surface area contributed by atoms with Gasteiger partial charge in [0.05, 0.1) is 17.8 Å². The summed E-state index contributed by atoms with van der Waals surface area (Å²) in [7, 11) is 0. The number of Topliss-reactive ketones (excluding diaryl/α,β-unsaturated/α-hetero) is 1. The average molecular weight is 321 g/mol. The number of nitrogens with zero attached hydrogens (tertiary/aromatic N) is 2. The molecule has 3 rings (SSSR count). The third-order valence-corrected chi connectivity index (χ3v) is 4.05. The first-order valence-corrected chi connectivity index (χ1v) is 7.79. The highest BCUT2D eigenvalue weighted by Gasteiger charge is 2.14. The normalized spacial score (nSPS) is 10.8. The summed E-state index contributed by atoms with van der Waals surface area (Å²) < 4.78 is 1.96. The second kappa shape index (κ2) is 6.28. The molecule has 0 radical (unpaired) electrons. The highest BCUT2D eigenvalue weighted by molar-refractivity contribution is 5.96. The lowest BCUT2D eigenvalue weighted by atomic mass is 10.1. The van der Waals surface area contributed by atoms with Gasteiger partial charge in [-0.2, -0.15) is 0 Å². The number of anilines is 1. The molecule has 0 aliphatic heterocycles. The Bertz CT molecular complexity index is 924. The molecule has 1 aromatic carbocycles. The molecule has 0 atom stereocenters. The molecule has 0 bridgehead atoms. The van der Waals surface area contributed by atoms with Crippen molar-refractivity contribution < 1.29 is 9.59 Å². The molecular weight excluding hydrogens is 302 g/mol. The fourth-order valence-electron chi connectivity index (χ4n) is 2.72. The minimum atomic E-state index is -0.114. The van der Waals surface area contributed by atoms with Crippen molar-refractivity contribution in [2.45, 2.75) is 27.2 Å². The van der Waals surface area contributed by atoms with Gasteiger partial charge in [-0.15, -0.1) is 0 Å². The van der Waals surface area contributed by atoms with E-state index in [1.165, 1.54) is 6.92 Å². The lowest BCUT2D eigenvalue weighted by Gasteiger charge is -2.07. The maximum absolute atomic E-state index is 12.4. The molecule has 5 heteroatoms. The average Bonchev–Trinajstić information content (AvgIpc) is 2.85. The summed E-state index contributed by atoms with van der Waals surface area (Å²) in [6.45, 7) is 5.43. The summed E-state index contributed by atoms with van der Waals surface area (Å²) in [5, 5.41) is 2.86. The fourth-order valence-corrected chi connectivity index (χ4v) is 2.72. The topological polar surface area (TPSA) is 63.5 Å². The molecule has 0 aliphatic carbocycles. The maximum Gasteiger partial charge on any atom is 0.230 e. The summed E-state index contributed by atoms with van der Waals surface area (Å²) in [4.78, 5) is 28.2. The van der Waals surface area contributed by atoms with Crippen molar-refractivity contribution in [1.29, 1.82) is 0 Å². The number of imidazole rings is 1. The number of carbonyl (C=O) groups excluding carboxylic acids is 2. The monoisotopic (exact) mass is 321 g/mol. The van der Waals surface area contributed by atoms with E-state index < -0.39 is 0 Å². The van der Waals surface area contributed by atoms with Crippen LogP contribution in [0.25, 0.3) is 5.65 Å². The number of hydrogen-bond donors (Lipinski definition) is 1. The van der Waals surface area contributed by atoms with Crippen LogP contribution >= 0.6 is 0 Å². The number of benzene rings is 1. The van der Waals surface area contributed by atoms with Crippen LogP contribution < -0.4 is 5.32 Å². The Hall–Kier alpha value is -2.95. The molecule has 122 valence electrons.